The quantitative estimate of drug-likeness (QED) is 0.0601. The summed E-state index contributed by atoms with van der Waals surface area (Å²) in [6.07, 6.45) is 0.194. The second kappa shape index (κ2) is 26.4. The summed E-state index contributed by atoms with van der Waals surface area (Å²) < 4.78 is 5.09. The van der Waals surface area contributed by atoms with Gasteiger partial charge < -0.3 is 62.4 Å². The first-order valence-corrected chi connectivity index (χ1v) is 21.0. The molecule has 22 nitrogen and oxygen atoms in total. The van der Waals surface area contributed by atoms with E-state index in [1.54, 1.807) is 30.3 Å². The molecule has 1 aliphatic carbocycles. The predicted molar refractivity (Wildman–Crippen MR) is 227 cm³/mol. The zero-order valence-electron chi connectivity index (χ0n) is 36.0. The molecule has 354 valence electrons. The van der Waals surface area contributed by atoms with Gasteiger partial charge in [-0.3, -0.25) is 38.4 Å². The second-order valence-electron chi connectivity index (χ2n) is 15.6. The number of carboxylic acids is 3. The van der Waals surface area contributed by atoms with Gasteiger partial charge in [-0.2, -0.15) is 0 Å². The number of hydrogen-bond acceptors (Lipinski definition) is 12. The third-order valence-corrected chi connectivity index (χ3v) is 10.4. The van der Waals surface area contributed by atoms with Gasteiger partial charge in [0.2, 0.25) is 35.4 Å². The van der Waals surface area contributed by atoms with Crippen LogP contribution in [0.15, 0.2) is 54.6 Å². The summed E-state index contributed by atoms with van der Waals surface area (Å²) in [5, 5.41) is 54.6. The molecule has 0 bridgehead atoms. The molecule has 65 heavy (non-hydrogen) atoms. The van der Waals surface area contributed by atoms with Crippen molar-refractivity contribution in [3.8, 4) is 5.75 Å². The van der Waals surface area contributed by atoms with Gasteiger partial charge in [0, 0.05) is 19.3 Å². The van der Waals surface area contributed by atoms with Crippen molar-refractivity contribution < 1.29 is 73.1 Å². The number of carbonyl (C=O) groups excluding carboxylic acids is 7. The highest BCUT2D eigenvalue weighted by Crippen LogP contribution is 2.29. The van der Waals surface area contributed by atoms with Crippen molar-refractivity contribution in [2.24, 2.45) is 5.92 Å². The molecular formula is C43H57N7O15. The van der Waals surface area contributed by atoms with Gasteiger partial charge in [-0.25, -0.2) is 9.59 Å². The van der Waals surface area contributed by atoms with Crippen LogP contribution in [0, 0.1) is 5.92 Å². The minimum atomic E-state index is -1.62. The Kier molecular flexibility index (Phi) is 21.1. The fourth-order valence-electron chi connectivity index (χ4n) is 6.74. The lowest BCUT2D eigenvalue weighted by Crippen LogP contribution is -2.59. The fourth-order valence-corrected chi connectivity index (χ4v) is 6.74. The molecular weight excluding hydrogens is 855 g/mol. The zero-order valence-corrected chi connectivity index (χ0v) is 36.0. The van der Waals surface area contributed by atoms with Crippen LogP contribution in [0.5, 0.6) is 5.75 Å². The number of carboxylic acid groups (broad SMARTS) is 3. The van der Waals surface area contributed by atoms with Crippen molar-refractivity contribution in [3.63, 3.8) is 0 Å². The molecule has 7 amide bonds. The molecule has 0 radical (unpaired) electrons. The fraction of sp³-hybridized carbons (Fsp3) is 0.488. The van der Waals surface area contributed by atoms with Gasteiger partial charge in [-0.05, 0) is 62.3 Å². The van der Waals surface area contributed by atoms with Crippen molar-refractivity contribution in [2.45, 2.75) is 121 Å². The zero-order chi connectivity index (χ0) is 48.1. The number of amides is 7. The number of aliphatic carboxylic acids is 3. The molecule has 3 rings (SSSR count). The number of phenolic OH excluding ortho intramolecular Hbond substituents is 1. The van der Waals surface area contributed by atoms with Crippen LogP contribution in [0.4, 0.5) is 4.79 Å². The van der Waals surface area contributed by atoms with Gasteiger partial charge in [-0.15, -0.1) is 0 Å². The normalized spacial score (nSPS) is 15.0. The van der Waals surface area contributed by atoms with Crippen LogP contribution in [0.3, 0.4) is 0 Å². The molecule has 1 aliphatic rings. The summed E-state index contributed by atoms with van der Waals surface area (Å²) in [4.78, 5) is 127. The Bertz CT molecular complexity index is 1990. The van der Waals surface area contributed by atoms with Crippen LogP contribution in [0.2, 0.25) is 0 Å². The molecule has 1 saturated carbocycles. The van der Waals surface area contributed by atoms with E-state index in [1.165, 1.54) is 38.1 Å². The van der Waals surface area contributed by atoms with Crippen molar-refractivity contribution in [2.75, 3.05) is 6.54 Å². The average Bonchev–Trinajstić information content (AvgIpc) is 3.78. The summed E-state index contributed by atoms with van der Waals surface area (Å²) >= 11 is 0. The molecule has 0 saturated heterocycles. The second-order valence-corrected chi connectivity index (χ2v) is 15.6. The minimum absolute atomic E-state index is 0.0175. The lowest BCUT2D eigenvalue weighted by molar-refractivity contribution is -0.143. The van der Waals surface area contributed by atoms with Crippen LogP contribution in [0.1, 0.15) is 82.8 Å². The highest BCUT2D eigenvalue weighted by atomic mass is 16.5. The number of nitrogens with one attached hydrogen (secondary N) is 7. The Morgan fingerprint density at radius 1 is 0.600 bits per heavy atom. The van der Waals surface area contributed by atoms with Gasteiger partial charge in [0.1, 0.15) is 48.6 Å². The Morgan fingerprint density at radius 3 is 1.74 bits per heavy atom. The monoisotopic (exact) mass is 911 g/mol. The van der Waals surface area contributed by atoms with Gasteiger partial charge in [0.25, 0.3) is 0 Å². The van der Waals surface area contributed by atoms with Gasteiger partial charge in [0.05, 0.1) is 6.54 Å². The third kappa shape index (κ3) is 19.3. The van der Waals surface area contributed by atoms with Gasteiger partial charge in [0.15, 0.2) is 0 Å². The number of alkyl carbamates (subject to hydrolysis) is 1. The Morgan fingerprint density at radius 2 is 1.14 bits per heavy atom. The predicted octanol–water partition coefficient (Wildman–Crippen LogP) is 0.204. The van der Waals surface area contributed by atoms with E-state index in [2.05, 4.69) is 37.2 Å². The van der Waals surface area contributed by atoms with Crippen LogP contribution >= 0.6 is 0 Å². The first kappa shape index (κ1) is 52.1. The number of aromatic hydroxyl groups is 1. The summed E-state index contributed by atoms with van der Waals surface area (Å²) in [5.74, 6) is -9.52. The van der Waals surface area contributed by atoms with E-state index >= 15 is 0 Å². The lowest BCUT2D eigenvalue weighted by atomic mass is 9.96. The largest absolute Gasteiger partial charge is 0.508 e. The van der Waals surface area contributed by atoms with Crippen LogP contribution in [-0.2, 0) is 60.9 Å². The van der Waals surface area contributed by atoms with E-state index < -0.39 is 128 Å². The molecule has 0 spiro atoms. The molecule has 2 aromatic carbocycles. The van der Waals surface area contributed by atoms with Crippen LogP contribution in [-0.4, -0.2) is 123 Å². The van der Waals surface area contributed by atoms with E-state index in [4.69, 9.17) is 9.84 Å². The van der Waals surface area contributed by atoms with Gasteiger partial charge in [-0.1, -0.05) is 68.1 Å². The number of ether oxygens (including phenoxy) is 1. The van der Waals surface area contributed by atoms with E-state index in [0.717, 1.165) is 25.7 Å². The average molecular weight is 912 g/mol. The number of benzene rings is 2. The molecule has 0 aromatic heterocycles. The first-order valence-electron chi connectivity index (χ1n) is 21.0. The molecule has 22 heteroatoms. The smallest absolute Gasteiger partial charge is 0.408 e. The number of hydrogen-bond donors (Lipinski definition) is 11. The number of rotatable bonds is 26. The van der Waals surface area contributed by atoms with E-state index in [0.29, 0.717) is 11.1 Å². The topological polar surface area (TPSA) is 345 Å². The summed E-state index contributed by atoms with van der Waals surface area (Å²) in [5.41, 5.74) is 1.16. The molecule has 1 fully saturated rings. The SMILES string of the molecule is C[C@H](NC(=O)OCc1ccccc1)C(=O)NCC(=O)N[C@@H](CCC(=O)O)C(=O)N[C@@H](C)C(=O)N[C@@H](CC1CCCC1)C(=O)N[C@@H](Cc1ccc(O)cc1)C(=O)N[C@@H](CCC(=O)O)C(=O)O. The van der Waals surface area contributed by atoms with Crippen LogP contribution in [0.25, 0.3) is 0 Å². The Hall–Kier alpha value is -7.26. The summed E-state index contributed by atoms with van der Waals surface area (Å²) in [7, 11) is 0. The van der Waals surface area contributed by atoms with Crippen molar-refractivity contribution >= 4 is 59.4 Å². The van der Waals surface area contributed by atoms with Crippen molar-refractivity contribution in [1.29, 1.82) is 0 Å². The standard InChI is InChI=1S/C43H57N7O15/c1-24(46-43(64)65-23-28-10-4-3-5-11-28)37(57)44-22-34(52)47-30(16-18-35(53)54)39(59)45-25(2)38(58)49-32(20-26-8-6-7-9-26)41(61)50-33(21-27-12-14-29(51)15-13-27)40(60)48-31(42(62)63)17-19-36(55)56/h3-5,10-15,24-26,30-33,51H,6-9,16-23H2,1-2H3,(H,44,57)(H,45,59)(H,46,64)(H,47,52)(H,48,60)(H,49,58)(H,50,61)(H,53,54)(H,55,56)(H,62,63)/t24-,25-,30-,31-,32-,33-/m0/s1. The molecule has 0 heterocycles. The van der Waals surface area contributed by atoms with Crippen molar-refractivity contribution in [1.82, 2.24) is 37.2 Å². The minimum Gasteiger partial charge on any atom is -0.508 e. The van der Waals surface area contributed by atoms with Gasteiger partial charge >= 0.3 is 24.0 Å². The van der Waals surface area contributed by atoms with E-state index in [1.807, 2.05) is 0 Å². The first-order chi connectivity index (χ1) is 30.8. The van der Waals surface area contributed by atoms with Crippen LogP contribution < -0.4 is 37.2 Å². The third-order valence-electron chi connectivity index (χ3n) is 10.4. The highest BCUT2D eigenvalue weighted by molar-refractivity contribution is 5.96. The Labute approximate surface area is 374 Å². The lowest BCUT2D eigenvalue weighted by Gasteiger charge is -2.27. The maximum absolute atomic E-state index is 14.0. The molecule has 0 unspecified atom stereocenters. The molecule has 2 aromatic rings. The maximum atomic E-state index is 14.0. The van der Waals surface area contributed by atoms with E-state index in [9.17, 15) is 63.3 Å². The number of carbonyl (C=O) groups is 10. The molecule has 11 N–H and O–H groups in total. The Balaban J connectivity index is 1.67. The molecule has 0 aliphatic heterocycles. The summed E-state index contributed by atoms with van der Waals surface area (Å²) in [6, 6.07) is 6.03. The molecule has 6 atom stereocenters. The maximum Gasteiger partial charge on any atom is 0.408 e. The number of phenols is 1. The highest BCUT2D eigenvalue weighted by Gasteiger charge is 2.34. The summed E-state index contributed by atoms with van der Waals surface area (Å²) in [6.45, 7) is 1.88. The van der Waals surface area contributed by atoms with E-state index in [-0.39, 0.29) is 31.1 Å². The van der Waals surface area contributed by atoms with Crippen molar-refractivity contribution in [3.05, 3.63) is 65.7 Å².